The van der Waals surface area contributed by atoms with E-state index in [9.17, 15) is 5.26 Å². The number of nitriles is 1. The Hall–Kier alpha value is -2.74. The van der Waals surface area contributed by atoms with Gasteiger partial charge in [-0.25, -0.2) is 4.99 Å². The average molecular weight is 312 g/mol. The third kappa shape index (κ3) is 3.72. The first-order valence-corrected chi connectivity index (χ1v) is 7.54. The van der Waals surface area contributed by atoms with Crippen LogP contribution in [0, 0.1) is 25.2 Å². The Morgan fingerprint density at radius 1 is 1.17 bits per heavy atom. The molecule has 0 amide bonds. The zero-order chi connectivity index (χ0) is 16.8. The van der Waals surface area contributed by atoms with Gasteiger partial charge in [0.1, 0.15) is 17.4 Å². The molecule has 0 bridgehead atoms. The first-order valence-electron chi connectivity index (χ1n) is 7.54. The van der Waals surface area contributed by atoms with E-state index in [1.807, 2.05) is 45.9 Å². The van der Waals surface area contributed by atoms with Crippen LogP contribution in [0.4, 0.5) is 5.88 Å². The fourth-order valence-electron chi connectivity index (χ4n) is 2.11. The smallest absolute Gasteiger partial charge is 0.237 e. The SMILES string of the molecule is CCOc1ccc(C=Nc2oc(C)c(C)c2C#N)cc1OCC. The first-order chi connectivity index (χ1) is 11.1. The van der Waals surface area contributed by atoms with Crippen LogP contribution in [0.5, 0.6) is 11.5 Å². The van der Waals surface area contributed by atoms with E-state index in [0.717, 1.165) is 11.1 Å². The Morgan fingerprint density at radius 3 is 2.52 bits per heavy atom. The number of rotatable bonds is 6. The maximum absolute atomic E-state index is 9.20. The molecule has 2 rings (SSSR count). The molecule has 5 heteroatoms. The molecule has 0 aliphatic carbocycles. The highest BCUT2D eigenvalue weighted by atomic mass is 16.5. The van der Waals surface area contributed by atoms with E-state index >= 15 is 0 Å². The van der Waals surface area contributed by atoms with Crippen molar-refractivity contribution in [3.8, 4) is 17.6 Å². The zero-order valence-corrected chi connectivity index (χ0v) is 13.8. The van der Waals surface area contributed by atoms with Gasteiger partial charge in [-0.3, -0.25) is 0 Å². The van der Waals surface area contributed by atoms with Gasteiger partial charge in [-0.1, -0.05) is 0 Å². The summed E-state index contributed by atoms with van der Waals surface area (Å²) in [7, 11) is 0. The van der Waals surface area contributed by atoms with Crippen LogP contribution in [0.1, 0.15) is 36.3 Å². The van der Waals surface area contributed by atoms with Crippen LogP contribution in [0.3, 0.4) is 0 Å². The van der Waals surface area contributed by atoms with E-state index in [1.165, 1.54) is 0 Å². The standard InChI is InChI=1S/C18H20N2O3/c1-5-21-16-8-7-14(9-17(16)22-6-2)11-20-18-15(10-19)12(3)13(4)23-18/h7-9,11H,5-6H2,1-4H3. The van der Waals surface area contributed by atoms with Crippen molar-refractivity contribution in [2.45, 2.75) is 27.7 Å². The summed E-state index contributed by atoms with van der Waals surface area (Å²) >= 11 is 0. The van der Waals surface area contributed by atoms with Gasteiger partial charge in [0, 0.05) is 11.8 Å². The van der Waals surface area contributed by atoms with Crippen molar-refractivity contribution in [2.75, 3.05) is 13.2 Å². The molecule has 23 heavy (non-hydrogen) atoms. The van der Waals surface area contributed by atoms with Crippen molar-refractivity contribution < 1.29 is 13.9 Å². The number of benzene rings is 1. The Labute approximate surface area is 136 Å². The minimum Gasteiger partial charge on any atom is -0.490 e. The van der Waals surface area contributed by atoms with Crippen LogP contribution in [0.2, 0.25) is 0 Å². The molecule has 0 unspecified atom stereocenters. The lowest BCUT2D eigenvalue weighted by Gasteiger charge is -2.10. The number of hydrogen-bond donors (Lipinski definition) is 0. The zero-order valence-electron chi connectivity index (χ0n) is 13.8. The molecule has 2 aromatic rings. The lowest BCUT2D eigenvalue weighted by Crippen LogP contribution is -1.99. The Balaban J connectivity index is 2.31. The molecule has 0 aliphatic heterocycles. The third-order valence-electron chi connectivity index (χ3n) is 3.38. The van der Waals surface area contributed by atoms with E-state index in [4.69, 9.17) is 13.9 Å². The second kappa shape index (κ2) is 7.50. The highest BCUT2D eigenvalue weighted by Gasteiger charge is 2.13. The van der Waals surface area contributed by atoms with Crippen LogP contribution in [-0.2, 0) is 0 Å². The van der Waals surface area contributed by atoms with Crippen molar-refractivity contribution in [1.29, 1.82) is 5.26 Å². The molecular weight excluding hydrogens is 292 g/mol. The van der Waals surface area contributed by atoms with Gasteiger partial charge in [0.25, 0.3) is 0 Å². The molecule has 1 aromatic heterocycles. The van der Waals surface area contributed by atoms with Gasteiger partial charge >= 0.3 is 0 Å². The number of ether oxygens (including phenoxy) is 2. The first kappa shape index (κ1) is 16.6. The van der Waals surface area contributed by atoms with Gasteiger partial charge in [-0.2, -0.15) is 5.26 Å². The molecule has 0 fully saturated rings. The Kier molecular flexibility index (Phi) is 5.42. The highest BCUT2D eigenvalue weighted by Crippen LogP contribution is 2.30. The molecule has 0 saturated heterocycles. The molecule has 0 N–H and O–H groups in total. The Bertz CT molecular complexity index is 754. The predicted molar refractivity (Wildman–Crippen MR) is 88.9 cm³/mol. The predicted octanol–water partition coefficient (Wildman–Crippen LogP) is 4.32. The lowest BCUT2D eigenvalue weighted by molar-refractivity contribution is 0.288. The quantitative estimate of drug-likeness (QED) is 0.745. The summed E-state index contributed by atoms with van der Waals surface area (Å²) in [4.78, 5) is 4.30. The largest absolute Gasteiger partial charge is 0.490 e. The van der Waals surface area contributed by atoms with Gasteiger partial charge < -0.3 is 13.9 Å². The van der Waals surface area contributed by atoms with Crippen LogP contribution < -0.4 is 9.47 Å². The van der Waals surface area contributed by atoms with E-state index in [1.54, 1.807) is 6.21 Å². The molecule has 0 aliphatic rings. The van der Waals surface area contributed by atoms with Crippen LogP contribution in [-0.4, -0.2) is 19.4 Å². The number of nitrogens with zero attached hydrogens (tertiary/aromatic N) is 2. The summed E-state index contributed by atoms with van der Waals surface area (Å²) in [5, 5.41) is 9.20. The third-order valence-corrected chi connectivity index (χ3v) is 3.38. The van der Waals surface area contributed by atoms with Crippen LogP contribution >= 0.6 is 0 Å². The number of furan rings is 1. The molecule has 1 aromatic carbocycles. The fourth-order valence-corrected chi connectivity index (χ4v) is 2.11. The van der Waals surface area contributed by atoms with E-state index < -0.39 is 0 Å². The topological polar surface area (TPSA) is 67.8 Å². The van der Waals surface area contributed by atoms with Crippen LogP contribution in [0.15, 0.2) is 27.6 Å². The van der Waals surface area contributed by atoms with Crippen molar-refractivity contribution in [3.05, 3.63) is 40.6 Å². The monoisotopic (exact) mass is 312 g/mol. The lowest BCUT2D eigenvalue weighted by atomic mass is 10.2. The minimum absolute atomic E-state index is 0.328. The average Bonchev–Trinajstić information content (AvgIpc) is 2.82. The Morgan fingerprint density at radius 2 is 1.87 bits per heavy atom. The normalized spacial score (nSPS) is 10.7. The van der Waals surface area contributed by atoms with Gasteiger partial charge in [0.15, 0.2) is 11.5 Å². The number of hydrogen-bond acceptors (Lipinski definition) is 5. The summed E-state index contributed by atoms with van der Waals surface area (Å²) in [5.41, 5.74) is 2.13. The molecule has 0 radical (unpaired) electrons. The summed E-state index contributed by atoms with van der Waals surface area (Å²) in [6.07, 6.45) is 1.65. The maximum Gasteiger partial charge on any atom is 0.237 e. The summed E-state index contributed by atoms with van der Waals surface area (Å²) < 4.78 is 16.6. The van der Waals surface area contributed by atoms with Crippen molar-refractivity contribution in [2.24, 2.45) is 4.99 Å². The van der Waals surface area contributed by atoms with Crippen molar-refractivity contribution in [3.63, 3.8) is 0 Å². The van der Waals surface area contributed by atoms with Crippen LogP contribution in [0.25, 0.3) is 0 Å². The molecular formula is C18H20N2O3. The van der Waals surface area contributed by atoms with Gasteiger partial charge in [0.2, 0.25) is 5.88 Å². The summed E-state index contributed by atoms with van der Waals surface area (Å²) in [6.45, 7) is 8.64. The van der Waals surface area contributed by atoms with E-state index in [-0.39, 0.29) is 0 Å². The summed E-state index contributed by atoms with van der Waals surface area (Å²) in [6, 6.07) is 7.71. The number of aryl methyl sites for hydroxylation is 1. The summed E-state index contributed by atoms with van der Waals surface area (Å²) in [5.74, 6) is 2.41. The second-order valence-electron chi connectivity index (χ2n) is 4.91. The molecule has 0 spiro atoms. The van der Waals surface area contributed by atoms with Crippen molar-refractivity contribution in [1.82, 2.24) is 0 Å². The fraction of sp³-hybridized carbons (Fsp3) is 0.333. The molecule has 0 atom stereocenters. The maximum atomic E-state index is 9.20. The minimum atomic E-state index is 0.328. The van der Waals surface area contributed by atoms with E-state index in [0.29, 0.717) is 41.9 Å². The number of aliphatic imine (C=N–C) groups is 1. The molecule has 0 saturated carbocycles. The molecule has 5 nitrogen and oxygen atoms in total. The highest BCUT2D eigenvalue weighted by molar-refractivity contribution is 5.83. The molecule has 120 valence electrons. The van der Waals surface area contributed by atoms with Crippen molar-refractivity contribution >= 4 is 12.1 Å². The van der Waals surface area contributed by atoms with E-state index in [2.05, 4.69) is 11.1 Å². The van der Waals surface area contributed by atoms with Gasteiger partial charge in [0.05, 0.1) is 13.2 Å². The van der Waals surface area contributed by atoms with Gasteiger partial charge in [-0.05, 0) is 51.5 Å². The van der Waals surface area contributed by atoms with Gasteiger partial charge in [-0.15, -0.1) is 0 Å². The molecule has 1 heterocycles. The second-order valence-corrected chi connectivity index (χ2v) is 4.91.